The fraction of sp³-hybridized carbons (Fsp3) is 1.00. The molecule has 0 aliphatic heterocycles. The van der Waals surface area contributed by atoms with Crippen molar-refractivity contribution in [1.82, 2.24) is 0 Å². The van der Waals surface area contributed by atoms with Crippen LogP contribution in [0.15, 0.2) is 0 Å². The van der Waals surface area contributed by atoms with Gasteiger partial charge in [-0.15, -0.1) is 0 Å². The van der Waals surface area contributed by atoms with E-state index in [1.165, 1.54) is 38.5 Å². The molecule has 0 amide bonds. The van der Waals surface area contributed by atoms with Crippen molar-refractivity contribution in [3.05, 3.63) is 0 Å². The first-order valence-electron chi connectivity index (χ1n) is 5.46. The van der Waals surface area contributed by atoms with Gasteiger partial charge in [-0.3, -0.25) is 0 Å². The van der Waals surface area contributed by atoms with E-state index in [1.54, 1.807) is 4.47 Å². The van der Waals surface area contributed by atoms with Crippen LogP contribution in [0.5, 0.6) is 0 Å². The summed E-state index contributed by atoms with van der Waals surface area (Å²) >= 11 is 0.370. The third-order valence-electron chi connectivity index (χ3n) is 2.19. The quantitative estimate of drug-likeness (QED) is 0.460. The molecule has 0 heterocycles. The van der Waals surface area contributed by atoms with E-state index in [1.807, 2.05) is 0 Å². The Bertz CT molecular complexity index is 81.1. The van der Waals surface area contributed by atoms with Gasteiger partial charge in [-0.05, 0) is 0 Å². The van der Waals surface area contributed by atoms with Crippen LogP contribution in [0.4, 0.5) is 0 Å². The molecule has 0 fully saturated rings. The summed E-state index contributed by atoms with van der Waals surface area (Å²) in [5, 5.41) is 0. The maximum absolute atomic E-state index is 2.37. The SMILES string of the molecule is CCCC[Te]C(CC)CCCC. The second-order valence-corrected chi connectivity index (χ2v) is 7.42. The van der Waals surface area contributed by atoms with Crippen LogP contribution >= 0.6 is 0 Å². The van der Waals surface area contributed by atoms with Crippen LogP contribution in [0.3, 0.4) is 0 Å². The van der Waals surface area contributed by atoms with Gasteiger partial charge in [-0.25, -0.2) is 0 Å². The van der Waals surface area contributed by atoms with Gasteiger partial charge in [-0.2, -0.15) is 0 Å². The van der Waals surface area contributed by atoms with Crippen molar-refractivity contribution in [2.75, 3.05) is 0 Å². The summed E-state index contributed by atoms with van der Waals surface area (Å²) in [6, 6.07) is 0. The zero-order valence-corrected chi connectivity index (χ0v) is 11.3. The molecule has 0 aliphatic carbocycles. The molecule has 0 aromatic carbocycles. The third-order valence-corrected chi connectivity index (χ3v) is 6.65. The zero-order valence-electron chi connectivity index (χ0n) is 8.94. The Balaban J connectivity index is 3.26. The molecule has 0 saturated carbocycles. The Hall–Kier alpha value is 0.790. The van der Waals surface area contributed by atoms with Crippen molar-refractivity contribution in [3.8, 4) is 0 Å². The summed E-state index contributed by atoms with van der Waals surface area (Å²) in [6.45, 7) is 6.98. The first-order valence-corrected chi connectivity index (χ1v) is 8.46. The van der Waals surface area contributed by atoms with Crippen molar-refractivity contribution < 1.29 is 0 Å². The molecule has 74 valence electrons. The molecule has 0 N–H and O–H groups in total. The van der Waals surface area contributed by atoms with E-state index in [0.717, 1.165) is 3.97 Å². The van der Waals surface area contributed by atoms with Crippen LogP contribution in [-0.2, 0) is 0 Å². The van der Waals surface area contributed by atoms with Crippen LogP contribution in [0.2, 0.25) is 8.43 Å². The van der Waals surface area contributed by atoms with Crippen molar-refractivity contribution >= 4 is 20.9 Å². The standard InChI is InChI=1S/C11H24Te/c1-4-7-9-11(6-3)12-10-8-5-2/h11H,4-10H2,1-3H3. The summed E-state index contributed by atoms with van der Waals surface area (Å²) in [5.41, 5.74) is 0. The predicted octanol–water partition coefficient (Wildman–Crippen LogP) is 4.30. The Morgan fingerprint density at radius 2 is 1.67 bits per heavy atom. The first kappa shape index (κ1) is 12.8. The van der Waals surface area contributed by atoms with Crippen LogP contribution < -0.4 is 0 Å². The molecular weight excluding hydrogens is 260 g/mol. The van der Waals surface area contributed by atoms with E-state index in [4.69, 9.17) is 0 Å². The fourth-order valence-electron chi connectivity index (χ4n) is 1.23. The minimum absolute atomic E-state index is 0.370. The third kappa shape index (κ3) is 7.44. The molecule has 0 radical (unpaired) electrons. The van der Waals surface area contributed by atoms with Crippen molar-refractivity contribution in [2.24, 2.45) is 0 Å². The molecule has 0 bridgehead atoms. The van der Waals surface area contributed by atoms with E-state index in [-0.39, 0.29) is 0 Å². The van der Waals surface area contributed by atoms with Crippen LogP contribution in [-0.4, -0.2) is 20.9 Å². The Morgan fingerprint density at radius 3 is 2.17 bits per heavy atom. The van der Waals surface area contributed by atoms with Gasteiger partial charge < -0.3 is 0 Å². The molecule has 0 aromatic rings. The average Bonchev–Trinajstić information content (AvgIpc) is 2.11. The van der Waals surface area contributed by atoms with Gasteiger partial charge in [0, 0.05) is 0 Å². The van der Waals surface area contributed by atoms with Gasteiger partial charge in [0.25, 0.3) is 0 Å². The number of hydrogen-bond donors (Lipinski definition) is 0. The minimum atomic E-state index is 0.370. The molecule has 0 aliphatic rings. The van der Waals surface area contributed by atoms with Gasteiger partial charge in [-0.1, -0.05) is 0 Å². The molecule has 0 aromatic heterocycles. The van der Waals surface area contributed by atoms with Crippen LogP contribution in [0.1, 0.15) is 59.3 Å². The summed E-state index contributed by atoms with van der Waals surface area (Å²) in [6.07, 6.45) is 8.72. The van der Waals surface area contributed by atoms with Crippen LogP contribution in [0, 0.1) is 0 Å². The van der Waals surface area contributed by atoms with E-state index in [9.17, 15) is 0 Å². The average molecular weight is 284 g/mol. The van der Waals surface area contributed by atoms with Gasteiger partial charge in [0.05, 0.1) is 0 Å². The van der Waals surface area contributed by atoms with Crippen LogP contribution in [0.25, 0.3) is 0 Å². The topological polar surface area (TPSA) is 0 Å². The van der Waals surface area contributed by atoms with Crippen molar-refractivity contribution in [2.45, 2.75) is 67.7 Å². The normalized spacial score (nSPS) is 13.2. The molecule has 1 heteroatoms. The van der Waals surface area contributed by atoms with E-state index < -0.39 is 0 Å². The molecule has 0 rings (SSSR count). The second kappa shape index (κ2) is 9.87. The van der Waals surface area contributed by atoms with Crippen molar-refractivity contribution in [3.63, 3.8) is 0 Å². The van der Waals surface area contributed by atoms with E-state index >= 15 is 0 Å². The zero-order chi connectivity index (χ0) is 9.23. The monoisotopic (exact) mass is 286 g/mol. The second-order valence-electron chi connectivity index (χ2n) is 3.40. The fourth-order valence-corrected chi connectivity index (χ4v) is 5.11. The molecular formula is C11H24Te. The number of rotatable bonds is 8. The van der Waals surface area contributed by atoms with E-state index in [2.05, 4.69) is 20.8 Å². The first-order chi connectivity index (χ1) is 5.85. The molecule has 12 heavy (non-hydrogen) atoms. The summed E-state index contributed by atoms with van der Waals surface area (Å²) in [7, 11) is 0. The molecule has 0 spiro atoms. The van der Waals surface area contributed by atoms with Crippen molar-refractivity contribution in [1.29, 1.82) is 0 Å². The summed E-state index contributed by atoms with van der Waals surface area (Å²) in [5.74, 6) is 0. The molecule has 0 nitrogen and oxygen atoms in total. The number of unbranched alkanes of at least 4 members (excludes halogenated alkanes) is 2. The van der Waals surface area contributed by atoms with E-state index in [0.29, 0.717) is 20.9 Å². The van der Waals surface area contributed by atoms with Gasteiger partial charge >= 0.3 is 88.7 Å². The Kier molecular flexibility index (Phi) is 10.5. The van der Waals surface area contributed by atoms with Gasteiger partial charge in [0.2, 0.25) is 0 Å². The molecule has 1 atom stereocenters. The Morgan fingerprint density at radius 1 is 1.00 bits per heavy atom. The van der Waals surface area contributed by atoms with Gasteiger partial charge in [0.1, 0.15) is 0 Å². The number of hydrogen-bond acceptors (Lipinski definition) is 0. The summed E-state index contributed by atoms with van der Waals surface area (Å²) < 4.78 is 2.74. The maximum atomic E-state index is 2.37. The predicted molar refractivity (Wildman–Crippen MR) is 59.0 cm³/mol. The molecule has 1 unspecified atom stereocenters. The molecule has 0 saturated heterocycles. The van der Waals surface area contributed by atoms with Gasteiger partial charge in [0.15, 0.2) is 0 Å². The summed E-state index contributed by atoms with van der Waals surface area (Å²) in [4.78, 5) is 0. The Labute approximate surface area is 88.6 Å².